The summed E-state index contributed by atoms with van der Waals surface area (Å²) in [4.78, 5) is 24.3. The number of hydrogen-bond acceptors (Lipinski definition) is 6. The van der Waals surface area contributed by atoms with Crippen molar-refractivity contribution in [2.75, 3.05) is 5.01 Å². The highest BCUT2D eigenvalue weighted by Gasteiger charge is 2.37. The van der Waals surface area contributed by atoms with E-state index in [9.17, 15) is 14.9 Å². The van der Waals surface area contributed by atoms with Crippen LogP contribution in [0.15, 0.2) is 35.4 Å². The minimum Gasteiger partial charge on any atom is -0.442 e. The van der Waals surface area contributed by atoms with Gasteiger partial charge in [-0.25, -0.2) is 4.79 Å². The van der Waals surface area contributed by atoms with E-state index >= 15 is 0 Å². The second-order valence-corrected chi connectivity index (χ2v) is 6.70. The first-order chi connectivity index (χ1) is 12.6. The summed E-state index contributed by atoms with van der Waals surface area (Å²) in [6.45, 7) is 0. The summed E-state index contributed by atoms with van der Waals surface area (Å²) in [5, 5.41) is 15.1. The molecule has 0 bridgehead atoms. The van der Waals surface area contributed by atoms with Gasteiger partial charge in [0.05, 0.1) is 5.69 Å². The average Bonchev–Trinajstić information content (AvgIpc) is 3.13. The minimum atomic E-state index is -0.775. The number of ether oxygens (including phenoxy) is 1. The normalized spacial score (nSPS) is 21.6. The van der Waals surface area contributed by atoms with Gasteiger partial charge in [-0.05, 0) is 25.0 Å². The lowest BCUT2D eigenvalue weighted by Crippen LogP contribution is -2.39. The fourth-order valence-corrected chi connectivity index (χ4v) is 3.52. The van der Waals surface area contributed by atoms with Crippen molar-refractivity contribution in [1.82, 2.24) is 0 Å². The van der Waals surface area contributed by atoms with E-state index in [1.165, 1.54) is 5.01 Å². The van der Waals surface area contributed by atoms with E-state index in [4.69, 9.17) is 10.5 Å². The third-order valence-corrected chi connectivity index (χ3v) is 4.93. The van der Waals surface area contributed by atoms with Gasteiger partial charge in [0.25, 0.3) is 0 Å². The van der Waals surface area contributed by atoms with Crippen molar-refractivity contribution in [3.8, 4) is 6.07 Å². The number of benzene rings is 1. The maximum atomic E-state index is 12.5. The molecule has 3 rings (SSSR count). The summed E-state index contributed by atoms with van der Waals surface area (Å²) < 4.78 is 5.43. The molecule has 0 unspecified atom stereocenters. The van der Waals surface area contributed by atoms with Gasteiger partial charge >= 0.3 is 5.97 Å². The molecule has 1 aromatic carbocycles. The van der Waals surface area contributed by atoms with Crippen LogP contribution in [0.4, 0.5) is 5.69 Å². The Kier molecular flexibility index (Phi) is 5.52. The first-order valence-corrected chi connectivity index (χ1v) is 8.92. The summed E-state index contributed by atoms with van der Waals surface area (Å²) in [5.74, 6) is -1.15. The lowest BCUT2D eigenvalue weighted by molar-refractivity contribution is -0.140. The van der Waals surface area contributed by atoms with Crippen LogP contribution in [0.25, 0.3) is 0 Å². The Morgan fingerprint density at radius 2 is 1.92 bits per heavy atom. The molecule has 1 aliphatic carbocycles. The number of para-hydroxylation sites is 1. The van der Waals surface area contributed by atoms with Crippen molar-refractivity contribution in [2.24, 2.45) is 16.8 Å². The molecule has 1 heterocycles. The molecule has 0 aromatic heterocycles. The van der Waals surface area contributed by atoms with Gasteiger partial charge in [-0.3, -0.25) is 9.80 Å². The smallest absolute Gasteiger partial charge is 0.355 e. The molecule has 2 aliphatic rings. The third kappa shape index (κ3) is 3.85. The molecule has 1 amide bonds. The predicted octanol–water partition coefficient (Wildman–Crippen LogP) is 2.12. The highest BCUT2D eigenvalue weighted by Crippen LogP contribution is 2.29. The minimum absolute atomic E-state index is 0.0665. The molecular weight excluding hydrogens is 332 g/mol. The highest BCUT2D eigenvalue weighted by molar-refractivity contribution is 6.38. The molecule has 0 spiro atoms. The van der Waals surface area contributed by atoms with Crippen LogP contribution in [-0.2, 0) is 14.3 Å². The van der Waals surface area contributed by atoms with Gasteiger partial charge in [-0.15, -0.1) is 0 Å². The summed E-state index contributed by atoms with van der Waals surface area (Å²) in [7, 11) is 0. The molecular formula is C19H22N4O3. The lowest BCUT2D eigenvalue weighted by atomic mass is 9.85. The quantitative estimate of drug-likeness (QED) is 0.815. The maximum absolute atomic E-state index is 12.5. The van der Waals surface area contributed by atoms with Gasteiger partial charge < -0.3 is 10.5 Å². The number of hydrogen-bond donors (Lipinski definition) is 1. The van der Waals surface area contributed by atoms with Crippen LogP contribution in [0.2, 0.25) is 0 Å². The molecule has 2 atom stereocenters. The number of carbonyl (C=O) groups is 2. The number of amides is 1. The second kappa shape index (κ2) is 8.00. The second-order valence-electron chi connectivity index (χ2n) is 6.70. The molecule has 7 nitrogen and oxygen atoms in total. The topological polar surface area (TPSA) is 109 Å². The van der Waals surface area contributed by atoms with Crippen LogP contribution in [0, 0.1) is 17.2 Å². The number of nitrogens with zero attached hydrogens (tertiary/aromatic N) is 3. The van der Waals surface area contributed by atoms with Crippen molar-refractivity contribution < 1.29 is 14.3 Å². The van der Waals surface area contributed by atoms with E-state index in [1.54, 1.807) is 12.1 Å². The van der Waals surface area contributed by atoms with Gasteiger partial charge in [0.15, 0.2) is 6.10 Å². The number of hydrazone groups is 1. The Bertz CT molecular complexity index is 735. The number of esters is 1. The zero-order valence-corrected chi connectivity index (χ0v) is 14.5. The molecule has 1 aromatic rings. The number of nitriles is 1. The average molecular weight is 354 g/mol. The fraction of sp³-hybridized carbons (Fsp3) is 0.474. The van der Waals surface area contributed by atoms with Crippen LogP contribution in [0.3, 0.4) is 0 Å². The number of rotatable bonds is 5. The van der Waals surface area contributed by atoms with Crippen LogP contribution < -0.4 is 10.7 Å². The summed E-state index contributed by atoms with van der Waals surface area (Å²) in [5.41, 5.74) is 6.26. The van der Waals surface area contributed by atoms with Crippen LogP contribution in [0.5, 0.6) is 0 Å². The van der Waals surface area contributed by atoms with E-state index in [1.807, 2.05) is 18.2 Å². The van der Waals surface area contributed by atoms with Crippen molar-refractivity contribution in [3.63, 3.8) is 0 Å². The molecule has 2 N–H and O–H groups in total. The van der Waals surface area contributed by atoms with Gasteiger partial charge in [0, 0.05) is 12.3 Å². The van der Waals surface area contributed by atoms with Crippen LogP contribution in [-0.4, -0.2) is 29.7 Å². The van der Waals surface area contributed by atoms with Gasteiger partial charge in [-0.2, -0.15) is 10.4 Å². The lowest BCUT2D eigenvalue weighted by Gasteiger charge is -2.25. The Morgan fingerprint density at radius 1 is 1.23 bits per heavy atom. The van der Waals surface area contributed by atoms with Gasteiger partial charge in [0.2, 0.25) is 5.91 Å². The van der Waals surface area contributed by atoms with Crippen LogP contribution in [0.1, 0.15) is 38.5 Å². The number of carbonyl (C=O) groups excluding carboxylic acids is 2. The van der Waals surface area contributed by atoms with Crippen molar-refractivity contribution in [1.29, 1.82) is 5.26 Å². The largest absolute Gasteiger partial charge is 0.442 e. The summed E-state index contributed by atoms with van der Waals surface area (Å²) >= 11 is 0. The predicted molar refractivity (Wildman–Crippen MR) is 96.0 cm³/mol. The first-order valence-electron chi connectivity index (χ1n) is 8.92. The standard InChI is InChI=1S/C19H22N4O3/c20-12-17(13-7-3-1-4-8-13)26-19(25)15-11-16(18(21)24)23(22-15)14-9-5-2-6-10-14/h2,5-6,9-10,13,16-17H,1,3-4,7-8,11H2,(H2,21,24)/t16-,17-/m0/s1. The molecule has 136 valence electrons. The zero-order chi connectivity index (χ0) is 18.5. The van der Waals surface area contributed by atoms with Crippen molar-refractivity contribution >= 4 is 23.3 Å². The van der Waals surface area contributed by atoms with E-state index < -0.39 is 24.0 Å². The molecule has 26 heavy (non-hydrogen) atoms. The zero-order valence-electron chi connectivity index (χ0n) is 14.5. The Balaban J connectivity index is 1.74. The number of nitrogens with two attached hydrogens (primary N) is 1. The summed E-state index contributed by atoms with van der Waals surface area (Å²) in [6.07, 6.45) is 4.33. The molecule has 1 saturated carbocycles. The first kappa shape index (κ1) is 17.9. The third-order valence-electron chi connectivity index (χ3n) is 4.93. The van der Waals surface area contributed by atoms with Crippen molar-refractivity contribution in [2.45, 2.75) is 50.7 Å². The SMILES string of the molecule is N#C[C@H](OC(=O)C1=NN(c2ccccc2)[C@H](C(N)=O)C1)C1CCCCC1. The molecule has 1 fully saturated rings. The van der Waals surface area contributed by atoms with E-state index in [0.717, 1.165) is 32.1 Å². The maximum Gasteiger partial charge on any atom is 0.355 e. The summed E-state index contributed by atoms with van der Waals surface area (Å²) in [6, 6.07) is 10.4. The fourth-order valence-electron chi connectivity index (χ4n) is 3.52. The van der Waals surface area contributed by atoms with E-state index in [2.05, 4.69) is 11.2 Å². The van der Waals surface area contributed by atoms with E-state index in [-0.39, 0.29) is 18.1 Å². The van der Waals surface area contributed by atoms with Crippen LogP contribution >= 0.6 is 0 Å². The molecule has 0 radical (unpaired) electrons. The number of anilines is 1. The Morgan fingerprint density at radius 3 is 2.54 bits per heavy atom. The van der Waals surface area contributed by atoms with Gasteiger partial charge in [-0.1, -0.05) is 37.5 Å². The molecule has 1 aliphatic heterocycles. The van der Waals surface area contributed by atoms with Gasteiger partial charge in [0.1, 0.15) is 17.8 Å². The number of primary amides is 1. The Labute approximate surface area is 152 Å². The van der Waals surface area contributed by atoms with E-state index in [0.29, 0.717) is 5.69 Å². The monoisotopic (exact) mass is 354 g/mol. The Hall–Kier alpha value is -2.88. The molecule has 7 heteroatoms. The van der Waals surface area contributed by atoms with Crippen molar-refractivity contribution in [3.05, 3.63) is 30.3 Å². The highest BCUT2D eigenvalue weighted by atomic mass is 16.5. The molecule has 0 saturated heterocycles.